The Morgan fingerprint density at radius 1 is 1.00 bits per heavy atom. The van der Waals surface area contributed by atoms with Crippen LogP contribution in [-0.4, -0.2) is 63.4 Å². The monoisotopic (exact) mass is 630 g/mol. The van der Waals surface area contributed by atoms with E-state index in [1.54, 1.807) is 23.3 Å². The SMILES string of the molecule is COc1ccc(Cc2ccc(-c3ccccc3SC3(C(=O)O)CS[C@@H]4[C@H](NC(=O)Cc5ccccc5)C(=O)N4C3)s2)cc1. The van der Waals surface area contributed by atoms with E-state index in [-0.39, 0.29) is 30.2 Å². The Balaban J connectivity index is 1.15. The number of fused-ring (bicyclic) bond motifs is 1. The first-order chi connectivity index (χ1) is 20.8. The average Bonchev–Trinajstić information content (AvgIpc) is 3.49. The van der Waals surface area contributed by atoms with Crippen LogP contribution < -0.4 is 10.1 Å². The summed E-state index contributed by atoms with van der Waals surface area (Å²) in [5.41, 5.74) is 3.04. The Morgan fingerprint density at radius 2 is 1.74 bits per heavy atom. The van der Waals surface area contributed by atoms with E-state index < -0.39 is 16.8 Å². The molecule has 43 heavy (non-hydrogen) atoms. The molecular formula is C33H30N2O5S3. The number of carboxylic acid groups (broad SMARTS) is 1. The van der Waals surface area contributed by atoms with Crippen molar-refractivity contribution in [1.82, 2.24) is 10.2 Å². The number of carboxylic acids is 1. The Bertz CT molecular complexity index is 1640. The molecule has 0 aliphatic carbocycles. The maximum atomic E-state index is 13.1. The molecule has 3 aromatic carbocycles. The van der Waals surface area contributed by atoms with Gasteiger partial charge in [0.05, 0.1) is 13.5 Å². The van der Waals surface area contributed by atoms with Gasteiger partial charge in [0.1, 0.15) is 21.9 Å². The zero-order chi connectivity index (χ0) is 30.0. The van der Waals surface area contributed by atoms with Crippen LogP contribution >= 0.6 is 34.9 Å². The zero-order valence-electron chi connectivity index (χ0n) is 23.4. The normalized spacial score (nSPS) is 21.0. The smallest absolute Gasteiger partial charge is 0.322 e. The van der Waals surface area contributed by atoms with Gasteiger partial charge in [-0.1, -0.05) is 60.7 Å². The van der Waals surface area contributed by atoms with Gasteiger partial charge in [0.15, 0.2) is 0 Å². The van der Waals surface area contributed by atoms with Gasteiger partial charge in [-0.3, -0.25) is 14.4 Å². The molecule has 2 N–H and O–H groups in total. The standard InChI is InChI=1S/C33H30N2O5S3/c1-40-23-13-11-22(12-14-23)17-24-15-16-26(42-24)25-9-5-6-10-27(25)43-33(32(38)39)19-35-30(37)29(31(35)41-20-33)34-28(36)18-21-7-3-2-4-8-21/h2-16,29,31H,17-20H2,1H3,(H,34,36)(H,38,39)/t29-,31-,33?/m1/s1. The lowest BCUT2D eigenvalue weighted by Crippen LogP contribution is -2.74. The highest BCUT2D eigenvalue weighted by molar-refractivity contribution is 8.05. The fraction of sp³-hybridized carbons (Fsp3) is 0.242. The number of β-lactam (4-membered cyclic amide) rings is 1. The minimum atomic E-state index is -1.21. The molecule has 2 fully saturated rings. The number of hydrogen-bond donors (Lipinski definition) is 2. The molecule has 2 saturated heterocycles. The van der Waals surface area contributed by atoms with Gasteiger partial charge in [-0.15, -0.1) is 34.9 Å². The van der Waals surface area contributed by atoms with Crippen molar-refractivity contribution in [3.8, 4) is 16.2 Å². The second-order valence-corrected chi connectivity index (χ2v) is 14.3. The fourth-order valence-corrected chi connectivity index (χ4v) is 9.45. The first kappa shape index (κ1) is 29.3. The predicted octanol–water partition coefficient (Wildman–Crippen LogP) is 5.57. The molecule has 2 amide bonds. The predicted molar refractivity (Wildman–Crippen MR) is 172 cm³/mol. The number of nitrogens with zero attached hydrogens (tertiary/aromatic N) is 1. The quantitative estimate of drug-likeness (QED) is 0.221. The highest BCUT2D eigenvalue weighted by atomic mass is 32.2. The van der Waals surface area contributed by atoms with Crippen LogP contribution in [0.1, 0.15) is 16.0 Å². The average molecular weight is 631 g/mol. The third-order valence-corrected chi connectivity index (χ3v) is 11.9. The molecule has 220 valence electrons. The van der Waals surface area contributed by atoms with E-state index in [1.165, 1.54) is 34.0 Å². The number of rotatable bonds is 10. The van der Waals surface area contributed by atoms with Crippen LogP contribution in [0.5, 0.6) is 5.75 Å². The van der Waals surface area contributed by atoms with Gasteiger partial charge in [-0.2, -0.15) is 0 Å². The number of nitrogens with one attached hydrogen (secondary N) is 1. The molecule has 6 rings (SSSR count). The van der Waals surface area contributed by atoms with Crippen LogP contribution in [0.4, 0.5) is 0 Å². The van der Waals surface area contributed by atoms with Crippen molar-refractivity contribution in [2.75, 3.05) is 19.4 Å². The van der Waals surface area contributed by atoms with Crippen molar-refractivity contribution in [3.63, 3.8) is 0 Å². The Labute approximate surface area is 262 Å². The number of aliphatic carboxylic acids is 1. The van der Waals surface area contributed by atoms with E-state index in [9.17, 15) is 19.5 Å². The first-order valence-electron chi connectivity index (χ1n) is 13.8. The summed E-state index contributed by atoms with van der Waals surface area (Å²) in [7, 11) is 1.65. The molecule has 0 bridgehead atoms. The number of hydrogen-bond acceptors (Lipinski definition) is 7. The van der Waals surface area contributed by atoms with Crippen LogP contribution in [0.3, 0.4) is 0 Å². The van der Waals surface area contributed by atoms with Gasteiger partial charge in [0, 0.05) is 38.9 Å². The van der Waals surface area contributed by atoms with E-state index in [1.807, 2.05) is 66.7 Å². The second kappa shape index (κ2) is 12.5. The van der Waals surface area contributed by atoms with Crippen molar-refractivity contribution < 1.29 is 24.2 Å². The van der Waals surface area contributed by atoms with E-state index in [0.717, 1.165) is 33.1 Å². The summed E-state index contributed by atoms with van der Waals surface area (Å²) in [5, 5.41) is 13.1. The largest absolute Gasteiger partial charge is 0.497 e. The Kier molecular flexibility index (Phi) is 8.52. The number of methoxy groups -OCH3 is 1. The number of benzene rings is 3. The van der Waals surface area contributed by atoms with Crippen LogP contribution in [0, 0.1) is 0 Å². The molecule has 4 aromatic rings. The second-order valence-electron chi connectivity index (χ2n) is 10.6. The molecule has 2 aliphatic rings. The number of ether oxygens (including phenoxy) is 1. The lowest BCUT2D eigenvalue weighted by molar-refractivity contribution is -0.152. The molecule has 1 unspecified atom stereocenters. The molecule has 3 heterocycles. The van der Waals surface area contributed by atoms with E-state index >= 15 is 0 Å². The van der Waals surface area contributed by atoms with Gasteiger partial charge < -0.3 is 20.1 Å². The van der Waals surface area contributed by atoms with Crippen molar-refractivity contribution in [1.29, 1.82) is 0 Å². The molecule has 0 spiro atoms. The fourth-order valence-electron chi connectivity index (χ4n) is 5.32. The van der Waals surface area contributed by atoms with E-state index in [0.29, 0.717) is 5.75 Å². The number of thiophene rings is 1. The van der Waals surface area contributed by atoms with Gasteiger partial charge in [0.25, 0.3) is 0 Å². The number of amides is 2. The molecule has 2 aliphatic heterocycles. The lowest BCUT2D eigenvalue weighted by Gasteiger charge is -2.53. The van der Waals surface area contributed by atoms with E-state index in [4.69, 9.17) is 4.74 Å². The van der Waals surface area contributed by atoms with Crippen LogP contribution in [0.25, 0.3) is 10.4 Å². The number of carbonyl (C=O) groups excluding carboxylic acids is 2. The molecule has 10 heteroatoms. The van der Waals surface area contributed by atoms with Crippen LogP contribution in [0.2, 0.25) is 0 Å². The highest BCUT2D eigenvalue weighted by Gasteiger charge is 2.58. The molecular weight excluding hydrogens is 601 g/mol. The summed E-state index contributed by atoms with van der Waals surface area (Å²) >= 11 is 4.42. The van der Waals surface area contributed by atoms with Crippen molar-refractivity contribution in [2.45, 2.75) is 33.9 Å². The molecule has 0 radical (unpaired) electrons. The molecule has 1 aromatic heterocycles. The maximum Gasteiger partial charge on any atom is 0.322 e. The van der Waals surface area contributed by atoms with Crippen molar-refractivity contribution >= 4 is 52.6 Å². The Morgan fingerprint density at radius 3 is 2.49 bits per heavy atom. The first-order valence-corrected chi connectivity index (χ1v) is 16.5. The summed E-state index contributed by atoms with van der Waals surface area (Å²) in [6.45, 7) is 0.0794. The summed E-state index contributed by atoms with van der Waals surface area (Å²) in [6, 6.07) is 28.8. The Hall–Kier alpha value is -3.73. The third kappa shape index (κ3) is 6.18. The molecule has 7 nitrogen and oxygen atoms in total. The van der Waals surface area contributed by atoms with Crippen molar-refractivity contribution in [2.24, 2.45) is 0 Å². The van der Waals surface area contributed by atoms with E-state index in [2.05, 4.69) is 29.6 Å². The minimum Gasteiger partial charge on any atom is -0.497 e. The van der Waals surface area contributed by atoms with Gasteiger partial charge in [0.2, 0.25) is 11.8 Å². The number of thioether (sulfide) groups is 2. The summed E-state index contributed by atoms with van der Waals surface area (Å²) in [4.78, 5) is 43.2. The highest BCUT2D eigenvalue weighted by Crippen LogP contribution is 2.48. The lowest BCUT2D eigenvalue weighted by atomic mass is 10.0. The third-order valence-electron chi connectivity index (χ3n) is 7.63. The van der Waals surface area contributed by atoms with Crippen LogP contribution in [0.15, 0.2) is 95.9 Å². The van der Waals surface area contributed by atoms with Gasteiger partial charge in [-0.25, -0.2) is 0 Å². The zero-order valence-corrected chi connectivity index (χ0v) is 25.8. The molecule has 0 saturated carbocycles. The minimum absolute atomic E-state index is 0.0794. The van der Waals surface area contributed by atoms with Crippen LogP contribution in [-0.2, 0) is 27.2 Å². The summed E-state index contributed by atoms with van der Waals surface area (Å²) in [5.74, 6) is -0.267. The van der Waals surface area contributed by atoms with Crippen molar-refractivity contribution in [3.05, 3.63) is 107 Å². The summed E-state index contributed by atoms with van der Waals surface area (Å²) in [6.07, 6.45) is 0.986. The topological polar surface area (TPSA) is 95.9 Å². The van der Waals surface area contributed by atoms with Gasteiger partial charge in [-0.05, 0) is 41.5 Å². The number of carbonyl (C=O) groups is 3. The summed E-state index contributed by atoms with van der Waals surface area (Å²) < 4.78 is 4.05. The van der Waals surface area contributed by atoms with Gasteiger partial charge >= 0.3 is 5.97 Å². The maximum absolute atomic E-state index is 13.1. The molecule has 3 atom stereocenters.